The highest BCUT2D eigenvalue weighted by Crippen LogP contribution is 2.18. The molecule has 0 spiro atoms. The number of hydrogen-bond acceptors (Lipinski definition) is 3. The molecule has 0 aliphatic rings. The molecule has 5 heteroatoms. The lowest BCUT2D eigenvalue weighted by molar-refractivity contribution is -0.121. The zero-order chi connectivity index (χ0) is 14.1. The molecule has 1 amide bonds. The quantitative estimate of drug-likeness (QED) is 0.667. The summed E-state index contributed by atoms with van der Waals surface area (Å²) in [4.78, 5) is 11.6. The molecule has 0 fully saturated rings. The average molecular weight is 268 g/mol. The van der Waals surface area contributed by atoms with Gasteiger partial charge in [0.2, 0.25) is 5.91 Å². The van der Waals surface area contributed by atoms with Gasteiger partial charge in [-0.3, -0.25) is 4.79 Å². The first-order valence-electron chi connectivity index (χ1n) is 6.76. The van der Waals surface area contributed by atoms with Gasteiger partial charge in [0.25, 0.3) is 0 Å². The van der Waals surface area contributed by atoms with Crippen LogP contribution in [0.3, 0.4) is 0 Å². The van der Waals surface area contributed by atoms with Crippen LogP contribution in [0.5, 0.6) is 0 Å². The molecular formula is C14H24N2O3. The predicted molar refractivity (Wildman–Crippen MR) is 73.8 cm³/mol. The molecule has 0 radical (unpaired) electrons. The van der Waals surface area contributed by atoms with Crippen LogP contribution < -0.4 is 5.32 Å². The van der Waals surface area contributed by atoms with Crippen molar-refractivity contribution in [3.63, 3.8) is 0 Å². The van der Waals surface area contributed by atoms with Crippen LogP contribution in [0.2, 0.25) is 0 Å². The van der Waals surface area contributed by atoms with Gasteiger partial charge < -0.3 is 19.7 Å². The van der Waals surface area contributed by atoms with Crippen LogP contribution >= 0.6 is 0 Å². The lowest BCUT2D eigenvalue weighted by atomic mass is 10.1. The van der Waals surface area contributed by atoms with Crippen LogP contribution in [0.25, 0.3) is 0 Å². The number of nitrogens with zero attached hydrogens (tertiary/aromatic N) is 1. The number of amides is 1. The second kappa shape index (κ2) is 8.72. The number of ether oxygens (including phenoxy) is 1. The molecule has 1 aromatic heterocycles. The fraction of sp³-hybridized carbons (Fsp3) is 0.643. The predicted octanol–water partition coefficient (Wildman–Crippen LogP) is 1.47. The number of methoxy groups -OCH3 is 1. The van der Waals surface area contributed by atoms with Crippen LogP contribution in [0.15, 0.2) is 18.5 Å². The normalized spacial score (nSPS) is 12.4. The van der Waals surface area contributed by atoms with E-state index in [1.54, 1.807) is 11.7 Å². The summed E-state index contributed by atoms with van der Waals surface area (Å²) in [6.07, 6.45) is 5.71. The van der Waals surface area contributed by atoms with Gasteiger partial charge in [-0.1, -0.05) is 13.3 Å². The van der Waals surface area contributed by atoms with Crippen LogP contribution in [0, 0.1) is 0 Å². The van der Waals surface area contributed by atoms with E-state index in [1.165, 1.54) is 0 Å². The van der Waals surface area contributed by atoms with Gasteiger partial charge in [0.15, 0.2) is 0 Å². The van der Waals surface area contributed by atoms with E-state index < -0.39 is 6.10 Å². The van der Waals surface area contributed by atoms with E-state index in [0.717, 1.165) is 24.8 Å². The molecule has 0 aliphatic heterocycles. The smallest absolute Gasteiger partial charge is 0.239 e. The van der Waals surface area contributed by atoms with Gasteiger partial charge in [0.05, 0.1) is 6.10 Å². The molecule has 0 saturated carbocycles. The Hall–Kier alpha value is -1.33. The van der Waals surface area contributed by atoms with Crippen molar-refractivity contribution in [3.05, 3.63) is 24.0 Å². The second-order valence-corrected chi connectivity index (χ2v) is 4.62. The monoisotopic (exact) mass is 268 g/mol. The van der Waals surface area contributed by atoms with Gasteiger partial charge >= 0.3 is 0 Å². The molecular weight excluding hydrogens is 244 g/mol. The van der Waals surface area contributed by atoms with E-state index in [0.29, 0.717) is 13.2 Å². The molecule has 1 unspecified atom stereocenters. The van der Waals surface area contributed by atoms with E-state index in [4.69, 9.17) is 4.74 Å². The fourth-order valence-corrected chi connectivity index (χ4v) is 1.86. The topological polar surface area (TPSA) is 63.5 Å². The Morgan fingerprint density at radius 1 is 1.58 bits per heavy atom. The zero-order valence-corrected chi connectivity index (χ0v) is 11.8. The summed E-state index contributed by atoms with van der Waals surface area (Å²) in [5.74, 6) is -0.0248. The second-order valence-electron chi connectivity index (χ2n) is 4.62. The van der Waals surface area contributed by atoms with Crippen molar-refractivity contribution in [1.29, 1.82) is 0 Å². The molecule has 2 N–H and O–H groups in total. The fourth-order valence-electron chi connectivity index (χ4n) is 1.86. The van der Waals surface area contributed by atoms with Gasteiger partial charge in [-0.15, -0.1) is 0 Å². The number of aromatic nitrogens is 1. The molecule has 19 heavy (non-hydrogen) atoms. The van der Waals surface area contributed by atoms with Crippen LogP contribution in [-0.4, -0.2) is 35.8 Å². The zero-order valence-electron chi connectivity index (χ0n) is 11.8. The third-order valence-electron chi connectivity index (χ3n) is 2.89. The van der Waals surface area contributed by atoms with Crippen molar-refractivity contribution in [2.24, 2.45) is 0 Å². The minimum Gasteiger partial charge on any atom is -0.388 e. The Labute approximate surface area is 114 Å². The lowest BCUT2D eigenvalue weighted by Gasteiger charge is -2.07. The third kappa shape index (κ3) is 5.89. The Bertz CT molecular complexity index is 377. The van der Waals surface area contributed by atoms with Crippen molar-refractivity contribution in [1.82, 2.24) is 9.88 Å². The Morgan fingerprint density at radius 2 is 2.37 bits per heavy atom. The summed E-state index contributed by atoms with van der Waals surface area (Å²) in [6.45, 7) is 3.59. The molecule has 0 saturated heterocycles. The third-order valence-corrected chi connectivity index (χ3v) is 2.89. The van der Waals surface area contributed by atoms with Crippen LogP contribution in [0.4, 0.5) is 0 Å². The number of rotatable bonds is 9. The van der Waals surface area contributed by atoms with Crippen LogP contribution in [-0.2, 0) is 16.1 Å². The molecule has 1 atom stereocenters. The Morgan fingerprint density at radius 3 is 3.05 bits per heavy atom. The highest BCUT2D eigenvalue weighted by atomic mass is 16.5. The standard InChI is InChI=1S/C14H24N2O3/c1-3-5-13(17)12-6-8-16(10-12)11-14(18)15-7-4-9-19-2/h6,8,10,13,17H,3-5,7,9,11H2,1-2H3,(H,15,18). The number of hydrogen-bond donors (Lipinski definition) is 2. The summed E-state index contributed by atoms with van der Waals surface area (Å²) < 4.78 is 6.70. The molecule has 1 heterocycles. The molecule has 0 aliphatic carbocycles. The van der Waals surface area contributed by atoms with Gasteiger partial charge in [-0.2, -0.15) is 0 Å². The average Bonchev–Trinajstić information content (AvgIpc) is 2.83. The van der Waals surface area contributed by atoms with Crippen LogP contribution in [0.1, 0.15) is 37.9 Å². The van der Waals surface area contributed by atoms with E-state index in [9.17, 15) is 9.90 Å². The maximum Gasteiger partial charge on any atom is 0.239 e. The Balaban J connectivity index is 2.34. The maximum atomic E-state index is 11.6. The van der Waals surface area contributed by atoms with Crippen molar-refractivity contribution in [3.8, 4) is 0 Å². The Kier molecular flexibility index (Phi) is 7.22. The highest BCUT2D eigenvalue weighted by molar-refractivity contribution is 5.75. The molecule has 0 aromatic carbocycles. The summed E-state index contributed by atoms with van der Waals surface area (Å²) >= 11 is 0. The number of carbonyl (C=O) groups excluding carboxylic acids is 1. The number of carbonyl (C=O) groups is 1. The minimum absolute atomic E-state index is 0.0248. The van der Waals surface area contributed by atoms with Crippen molar-refractivity contribution < 1.29 is 14.6 Å². The summed E-state index contributed by atoms with van der Waals surface area (Å²) in [5.41, 5.74) is 0.869. The SMILES string of the molecule is CCCC(O)c1ccn(CC(=O)NCCCOC)c1. The number of aliphatic hydroxyl groups is 1. The minimum atomic E-state index is -0.434. The van der Waals surface area contributed by atoms with E-state index >= 15 is 0 Å². The van der Waals surface area contributed by atoms with Gasteiger partial charge in [0, 0.05) is 32.7 Å². The first-order valence-corrected chi connectivity index (χ1v) is 6.76. The first kappa shape index (κ1) is 15.7. The maximum absolute atomic E-state index is 11.6. The summed E-state index contributed by atoms with van der Waals surface area (Å²) in [6, 6.07) is 1.86. The molecule has 108 valence electrons. The van der Waals surface area contributed by atoms with Crippen molar-refractivity contribution in [2.75, 3.05) is 20.3 Å². The van der Waals surface area contributed by atoms with Gasteiger partial charge in [0.1, 0.15) is 6.54 Å². The van der Waals surface area contributed by atoms with Gasteiger partial charge in [-0.05, 0) is 24.5 Å². The van der Waals surface area contributed by atoms with Gasteiger partial charge in [-0.25, -0.2) is 0 Å². The molecule has 5 nitrogen and oxygen atoms in total. The largest absolute Gasteiger partial charge is 0.388 e. The number of nitrogens with one attached hydrogen (secondary N) is 1. The van der Waals surface area contributed by atoms with E-state index in [2.05, 4.69) is 5.32 Å². The molecule has 0 bridgehead atoms. The summed E-state index contributed by atoms with van der Waals surface area (Å²) in [7, 11) is 1.64. The van der Waals surface area contributed by atoms with Crippen molar-refractivity contribution >= 4 is 5.91 Å². The van der Waals surface area contributed by atoms with Crippen molar-refractivity contribution in [2.45, 2.75) is 38.8 Å². The highest BCUT2D eigenvalue weighted by Gasteiger charge is 2.09. The molecule has 1 aromatic rings. The molecule has 1 rings (SSSR count). The summed E-state index contributed by atoms with van der Waals surface area (Å²) in [5, 5.41) is 12.7. The lowest BCUT2D eigenvalue weighted by Crippen LogP contribution is -2.28. The number of aliphatic hydroxyl groups excluding tert-OH is 1. The van der Waals surface area contributed by atoms with E-state index in [-0.39, 0.29) is 12.5 Å². The van der Waals surface area contributed by atoms with E-state index in [1.807, 2.05) is 25.4 Å². The first-order chi connectivity index (χ1) is 9.17.